The van der Waals surface area contributed by atoms with Gasteiger partial charge in [-0.2, -0.15) is 0 Å². The van der Waals surface area contributed by atoms with Gasteiger partial charge in [0, 0.05) is 12.1 Å². The molecule has 21 heavy (non-hydrogen) atoms. The third-order valence-electron chi connectivity index (χ3n) is 3.52. The first-order chi connectivity index (χ1) is 10.1. The Morgan fingerprint density at radius 3 is 2.67 bits per heavy atom. The summed E-state index contributed by atoms with van der Waals surface area (Å²) in [5.74, 6) is -0.236. The Balaban J connectivity index is 1.63. The van der Waals surface area contributed by atoms with Crippen molar-refractivity contribution in [2.45, 2.75) is 19.3 Å². The van der Waals surface area contributed by atoms with E-state index in [9.17, 15) is 14.0 Å². The third-order valence-corrected chi connectivity index (χ3v) is 3.52. The van der Waals surface area contributed by atoms with Crippen molar-refractivity contribution in [1.29, 1.82) is 0 Å². The van der Waals surface area contributed by atoms with Crippen LogP contribution in [0.2, 0.25) is 0 Å². The number of halogens is 1. The second-order valence-corrected chi connectivity index (χ2v) is 5.23. The van der Waals surface area contributed by atoms with E-state index in [0.717, 1.165) is 25.9 Å². The second kappa shape index (κ2) is 7.73. The molecule has 6 heteroatoms. The highest BCUT2D eigenvalue weighted by atomic mass is 19.1. The molecule has 2 rings (SSSR count). The Hall–Kier alpha value is -1.95. The zero-order chi connectivity index (χ0) is 15.1. The lowest BCUT2D eigenvalue weighted by Crippen LogP contribution is -2.33. The molecular weight excluding hydrogens is 273 g/mol. The standard InChI is InChI=1S/C15H20FN3O2/c16-12-2-4-13(5-3-12)19-15(21)10-18-14(20)6-1-11-7-8-17-9-11/h2-5,11,17H,1,6-10H2,(H,18,20)(H,19,21). The Labute approximate surface area is 123 Å². The summed E-state index contributed by atoms with van der Waals surface area (Å²) in [4.78, 5) is 23.3. The van der Waals surface area contributed by atoms with E-state index in [1.165, 1.54) is 24.3 Å². The average molecular weight is 293 g/mol. The van der Waals surface area contributed by atoms with Crippen LogP contribution < -0.4 is 16.0 Å². The maximum Gasteiger partial charge on any atom is 0.243 e. The van der Waals surface area contributed by atoms with Crippen molar-refractivity contribution in [3.63, 3.8) is 0 Å². The first-order valence-corrected chi connectivity index (χ1v) is 7.16. The van der Waals surface area contributed by atoms with Crippen molar-refractivity contribution in [2.24, 2.45) is 5.92 Å². The molecule has 0 bridgehead atoms. The van der Waals surface area contributed by atoms with Crippen molar-refractivity contribution < 1.29 is 14.0 Å². The molecule has 0 saturated carbocycles. The lowest BCUT2D eigenvalue weighted by atomic mass is 10.0. The van der Waals surface area contributed by atoms with Crippen LogP contribution >= 0.6 is 0 Å². The largest absolute Gasteiger partial charge is 0.347 e. The van der Waals surface area contributed by atoms with Crippen LogP contribution in [0.1, 0.15) is 19.3 Å². The first-order valence-electron chi connectivity index (χ1n) is 7.16. The summed E-state index contributed by atoms with van der Waals surface area (Å²) in [6.45, 7) is 1.92. The van der Waals surface area contributed by atoms with Crippen molar-refractivity contribution in [1.82, 2.24) is 10.6 Å². The van der Waals surface area contributed by atoms with E-state index >= 15 is 0 Å². The molecule has 3 N–H and O–H groups in total. The molecular formula is C15H20FN3O2. The van der Waals surface area contributed by atoms with E-state index in [0.29, 0.717) is 18.0 Å². The minimum Gasteiger partial charge on any atom is -0.347 e. The van der Waals surface area contributed by atoms with Crippen LogP contribution in [0.4, 0.5) is 10.1 Å². The van der Waals surface area contributed by atoms with Gasteiger partial charge in [-0.25, -0.2) is 4.39 Å². The number of anilines is 1. The number of nitrogens with one attached hydrogen (secondary N) is 3. The van der Waals surface area contributed by atoms with Gasteiger partial charge >= 0.3 is 0 Å². The fourth-order valence-corrected chi connectivity index (χ4v) is 2.30. The van der Waals surface area contributed by atoms with Crippen LogP contribution in [0.15, 0.2) is 24.3 Å². The van der Waals surface area contributed by atoms with E-state index in [1.54, 1.807) is 0 Å². The van der Waals surface area contributed by atoms with Crippen LogP contribution in [-0.2, 0) is 9.59 Å². The van der Waals surface area contributed by atoms with Crippen LogP contribution in [0.25, 0.3) is 0 Å². The van der Waals surface area contributed by atoms with Crippen molar-refractivity contribution in [2.75, 3.05) is 25.0 Å². The van der Waals surface area contributed by atoms with E-state index in [1.807, 2.05) is 0 Å². The summed E-state index contributed by atoms with van der Waals surface area (Å²) in [6.07, 6.45) is 2.40. The minimum absolute atomic E-state index is 0.0703. The number of carbonyl (C=O) groups is 2. The van der Waals surface area contributed by atoms with Gasteiger partial charge in [0.05, 0.1) is 6.54 Å². The van der Waals surface area contributed by atoms with Crippen molar-refractivity contribution in [3.8, 4) is 0 Å². The number of rotatable bonds is 6. The zero-order valence-electron chi connectivity index (χ0n) is 11.8. The smallest absolute Gasteiger partial charge is 0.243 e. The van der Waals surface area contributed by atoms with Crippen LogP contribution in [0.5, 0.6) is 0 Å². The number of carbonyl (C=O) groups excluding carboxylic acids is 2. The van der Waals surface area contributed by atoms with Crippen LogP contribution in [-0.4, -0.2) is 31.4 Å². The Bertz CT molecular complexity index is 484. The monoisotopic (exact) mass is 293 g/mol. The molecule has 114 valence electrons. The molecule has 1 saturated heterocycles. The molecule has 1 fully saturated rings. The summed E-state index contributed by atoms with van der Waals surface area (Å²) in [7, 11) is 0. The van der Waals surface area contributed by atoms with E-state index in [4.69, 9.17) is 0 Å². The lowest BCUT2D eigenvalue weighted by Gasteiger charge is -2.09. The molecule has 1 aliphatic heterocycles. The fraction of sp³-hybridized carbons (Fsp3) is 0.467. The number of amides is 2. The van der Waals surface area contributed by atoms with E-state index in [2.05, 4.69) is 16.0 Å². The third kappa shape index (κ3) is 5.51. The zero-order valence-corrected chi connectivity index (χ0v) is 11.8. The van der Waals surface area contributed by atoms with Crippen molar-refractivity contribution >= 4 is 17.5 Å². The van der Waals surface area contributed by atoms with Gasteiger partial charge in [-0.3, -0.25) is 9.59 Å². The maximum atomic E-state index is 12.7. The van der Waals surface area contributed by atoms with Gasteiger partial charge in [-0.05, 0) is 56.1 Å². The van der Waals surface area contributed by atoms with Gasteiger partial charge in [0.25, 0.3) is 0 Å². The summed E-state index contributed by atoms with van der Waals surface area (Å²) >= 11 is 0. The molecule has 0 radical (unpaired) electrons. The molecule has 1 aliphatic rings. The van der Waals surface area contributed by atoms with Crippen LogP contribution in [0, 0.1) is 11.7 Å². The summed E-state index contributed by atoms with van der Waals surface area (Å²) in [6, 6.07) is 5.48. The lowest BCUT2D eigenvalue weighted by molar-refractivity contribution is -0.124. The Kier molecular flexibility index (Phi) is 5.68. The number of benzene rings is 1. The van der Waals surface area contributed by atoms with Crippen LogP contribution in [0.3, 0.4) is 0 Å². The van der Waals surface area contributed by atoms with Gasteiger partial charge in [0.2, 0.25) is 11.8 Å². The van der Waals surface area contributed by atoms with Gasteiger partial charge in [0.1, 0.15) is 5.82 Å². The topological polar surface area (TPSA) is 70.2 Å². The highest BCUT2D eigenvalue weighted by Gasteiger charge is 2.15. The Morgan fingerprint density at radius 1 is 1.24 bits per heavy atom. The van der Waals surface area contributed by atoms with E-state index in [-0.39, 0.29) is 24.2 Å². The fourth-order valence-electron chi connectivity index (χ4n) is 2.30. The predicted molar refractivity (Wildman–Crippen MR) is 78.3 cm³/mol. The first kappa shape index (κ1) is 15.4. The van der Waals surface area contributed by atoms with Gasteiger partial charge < -0.3 is 16.0 Å². The summed E-state index contributed by atoms with van der Waals surface area (Å²) < 4.78 is 12.7. The maximum absolute atomic E-state index is 12.7. The predicted octanol–water partition coefficient (Wildman–Crippen LogP) is 1.27. The van der Waals surface area contributed by atoms with Crippen molar-refractivity contribution in [3.05, 3.63) is 30.1 Å². The van der Waals surface area contributed by atoms with Gasteiger partial charge in [-0.15, -0.1) is 0 Å². The highest BCUT2D eigenvalue weighted by molar-refractivity contribution is 5.94. The minimum atomic E-state index is -0.359. The molecule has 1 heterocycles. The molecule has 0 spiro atoms. The summed E-state index contributed by atoms with van der Waals surface area (Å²) in [5.41, 5.74) is 0.507. The highest BCUT2D eigenvalue weighted by Crippen LogP contribution is 2.13. The van der Waals surface area contributed by atoms with Gasteiger partial charge in [0.15, 0.2) is 0 Å². The van der Waals surface area contributed by atoms with Gasteiger partial charge in [-0.1, -0.05) is 0 Å². The quantitative estimate of drug-likeness (QED) is 0.740. The molecule has 5 nitrogen and oxygen atoms in total. The molecule has 0 aliphatic carbocycles. The molecule has 1 aromatic rings. The normalized spacial score (nSPS) is 17.5. The molecule has 0 aromatic heterocycles. The SMILES string of the molecule is O=C(CCC1CCNC1)NCC(=O)Nc1ccc(F)cc1. The molecule has 1 atom stereocenters. The average Bonchev–Trinajstić information content (AvgIpc) is 2.99. The summed E-state index contributed by atoms with van der Waals surface area (Å²) in [5, 5.41) is 8.44. The molecule has 2 amide bonds. The molecule has 1 unspecified atom stereocenters. The van der Waals surface area contributed by atoms with E-state index < -0.39 is 0 Å². The Morgan fingerprint density at radius 2 is 2.00 bits per heavy atom. The number of hydrogen-bond acceptors (Lipinski definition) is 3. The molecule has 1 aromatic carbocycles. The second-order valence-electron chi connectivity index (χ2n) is 5.23. The number of hydrogen-bond donors (Lipinski definition) is 3.